The van der Waals surface area contributed by atoms with Gasteiger partial charge in [0.05, 0.1) is 5.75 Å². The Labute approximate surface area is 90.0 Å². The molecule has 0 aliphatic carbocycles. The second-order valence-electron chi connectivity index (χ2n) is 3.41. The number of sulfone groups is 1. The van der Waals surface area contributed by atoms with Gasteiger partial charge >= 0.3 is 0 Å². The zero-order valence-electron chi connectivity index (χ0n) is 8.64. The molecule has 0 spiro atoms. The van der Waals surface area contributed by atoms with Crippen LogP contribution in [0.2, 0.25) is 0 Å². The van der Waals surface area contributed by atoms with E-state index in [0.717, 1.165) is 5.56 Å². The van der Waals surface area contributed by atoms with E-state index < -0.39 is 9.84 Å². The largest absolute Gasteiger partial charge is 0.299 e. The number of benzene rings is 1. The molecule has 0 amide bonds. The molecule has 0 aromatic heterocycles. The van der Waals surface area contributed by atoms with Crippen LogP contribution in [0, 0.1) is 0 Å². The number of hydrogen-bond acceptors (Lipinski definition) is 3. The number of Topliss-reactive ketones (excluding diaryl/α,β-unsaturated/α-hetero) is 1. The van der Waals surface area contributed by atoms with Crippen LogP contribution in [0.3, 0.4) is 0 Å². The number of hydrogen-bond donors (Lipinski definition) is 0. The molecular formula is C11H14O3S. The van der Waals surface area contributed by atoms with Gasteiger partial charge in [0.25, 0.3) is 0 Å². The maximum absolute atomic E-state index is 11.5. The molecule has 1 aromatic rings. The van der Waals surface area contributed by atoms with Crippen LogP contribution < -0.4 is 0 Å². The minimum Gasteiger partial charge on any atom is -0.299 e. The van der Waals surface area contributed by atoms with Gasteiger partial charge in [-0.15, -0.1) is 0 Å². The fourth-order valence-electron chi connectivity index (χ4n) is 1.23. The number of ketones is 1. The summed E-state index contributed by atoms with van der Waals surface area (Å²) < 4.78 is 23.1. The van der Waals surface area contributed by atoms with E-state index in [-0.39, 0.29) is 23.7 Å². The SMILES string of the molecule is CCC(=O)CS(=O)(=O)Cc1ccccc1. The van der Waals surface area contributed by atoms with Gasteiger partial charge in [-0.05, 0) is 5.56 Å². The van der Waals surface area contributed by atoms with E-state index in [1.807, 2.05) is 6.07 Å². The zero-order valence-corrected chi connectivity index (χ0v) is 9.46. The van der Waals surface area contributed by atoms with Gasteiger partial charge in [0, 0.05) is 6.42 Å². The Morgan fingerprint density at radius 2 is 1.80 bits per heavy atom. The highest BCUT2D eigenvalue weighted by molar-refractivity contribution is 7.91. The summed E-state index contributed by atoms with van der Waals surface area (Å²) in [6.45, 7) is 1.67. The van der Waals surface area contributed by atoms with E-state index in [1.165, 1.54) is 0 Å². The lowest BCUT2D eigenvalue weighted by Gasteiger charge is -2.02. The minimum absolute atomic E-state index is 0.0560. The van der Waals surface area contributed by atoms with Gasteiger partial charge in [0.15, 0.2) is 9.84 Å². The molecule has 0 atom stereocenters. The minimum atomic E-state index is -3.30. The highest BCUT2D eigenvalue weighted by Crippen LogP contribution is 2.06. The maximum atomic E-state index is 11.5. The Hall–Kier alpha value is -1.16. The first-order valence-corrected chi connectivity index (χ1v) is 6.61. The van der Waals surface area contributed by atoms with Crippen LogP contribution >= 0.6 is 0 Å². The predicted octanol–water partition coefficient (Wildman–Crippen LogP) is 1.58. The van der Waals surface area contributed by atoms with Crippen LogP contribution in [0.4, 0.5) is 0 Å². The van der Waals surface area contributed by atoms with Gasteiger partial charge < -0.3 is 0 Å². The predicted molar refractivity (Wildman–Crippen MR) is 59.2 cm³/mol. The van der Waals surface area contributed by atoms with Crippen molar-refractivity contribution in [2.24, 2.45) is 0 Å². The fourth-order valence-corrected chi connectivity index (χ4v) is 2.72. The topological polar surface area (TPSA) is 51.2 Å². The van der Waals surface area contributed by atoms with E-state index >= 15 is 0 Å². The Balaban J connectivity index is 2.69. The first kappa shape index (κ1) is 11.9. The smallest absolute Gasteiger partial charge is 0.161 e. The molecule has 0 unspecified atom stereocenters. The van der Waals surface area contributed by atoms with Crippen LogP contribution in [0.1, 0.15) is 18.9 Å². The average Bonchev–Trinajstić information content (AvgIpc) is 2.17. The molecule has 1 rings (SSSR count). The average molecular weight is 226 g/mol. The van der Waals surface area contributed by atoms with Crippen LogP contribution in [-0.2, 0) is 20.4 Å². The van der Waals surface area contributed by atoms with E-state index in [2.05, 4.69) is 0 Å². The lowest BCUT2D eigenvalue weighted by molar-refractivity contribution is -0.116. The van der Waals surface area contributed by atoms with Gasteiger partial charge in [0.2, 0.25) is 0 Å². The summed E-state index contributed by atoms with van der Waals surface area (Å²) in [7, 11) is -3.30. The Bertz CT molecular complexity index is 420. The monoisotopic (exact) mass is 226 g/mol. The van der Waals surface area contributed by atoms with Crippen molar-refractivity contribution in [2.45, 2.75) is 19.1 Å². The van der Waals surface area contributed by atoms with Crippen molar-refractivity contribution in [1.82, 2.24) is 0 Å². The zero-order chi connectivity index (χ0) is 11.3. The summed E-state index contributed by atoms with van der Waals surface area (Å²) in [5, 5.41) is 0. The Morgan fingerprint density at radius 3 is 2.33 bits per heavy atom. The summed E-state index contributed by atoms with van der Waals surface area (Å²) in [6.07, 6.45) is 0.272. The number of carbonyl (C=O) groups is 1. The molecule has 0 fully saturated rings. The lowest BCUT2D eigenvalue weighted by Crippen LogP contribution is -2.16. The van der Waals surface area contributed by atoms with Crippen LogP contribution in [-0.4, -0.2) is 20.0 Å². The first-order chi connectivity index (χ1) is 7.03. The van der Waals surface area contributed by atoms with Crippen molar-refractivity contribution in [2.75, 3.05) is 5.75 Å². The Kier molecular flexibility index (Phi) is 4.03. The molecule has 0 aliphatic rings. The summed E-state index contributed by atoms with van der Waals surface area (Å²) >= 11 is 0. The molecule has 0 aliphatic heterocycles. The third-order valence-electron chi connectivity index (χ3n) is 2.00. The van der Waals surface area contributed by atoms with Crippen LogP contribution in [0.5, 0.6) is 0 Å². The van der Waals surface area contributed by atoms with Crippen LogP contribution in [0.15, 0.2) is 30.3 Å². The molecule has 0 saturated heterocycles. The van der Waals surface area contributed by atoms with Gasteiger partial charge in [-0.25, -0.2) is 8.42 Å². The quantitative estimate of drug-likeness (QED) is 0.766. The molecule has 0 radical (unpaired) electrons. The van der Waals surface area contributed by atoms with Crippen molar-refractivity contribution in [3.63, 3.8) is 0 Å². The molecule has 4 heteroatoms. The molecule has 82 valence electrons. The third kappa shape index (κ3) is 4.25. The van der Waals surface area contributed by atoms with Gasteiger partial charge in [-0.2, -0.15) is 0 Å². The first-order valence-electron chi connectivity index (χ1n) is 4.79. The highest BCUT2D eigenvalue weighted by atomic mass is 32.2. The van der Waals surface area contributed by atoms with Crippen molar-refractivity contribution in [3.8, 4) is 0 Å². The molecule has 1 aromatic carbocycles. The second kappa shape index (κ2) is 5.07. The van der Waals surface area contributed by atoms with Crippen molar-refractivity contribution >= 4 is 15.6 Å². The fraction of sp³-hybridized carbons (Fsp3) is 0.364. The molecule has 15 heavy (non-hydrogen) atoms. The van der Waals surface area contributed by atoms with Gasteiger partial charge in [-0.3, -0.25) is 4.79 Å². The molecule has 0 bridgehead atoms. The molecule has 0 heterocycles. The van der Waals surface area contributed by atoms with E-state index in [0.29, 0.717) is 0 Å². The summed E-state index contributed by atoms with van der Waals surface area (Å²) in [4.78, 5) is 11.0. The summed E-state index contributed by atoms with van der Waals surface area (Å²) in [5.74, 6) is -0.635. The standard InChI is InChI=1S/C11H14O3S/c1-2-11(12)9-15(13,14)8-10-6-4-3-5-7-10/h3-7H,2,8-9H2,1H3. The molecular weight excluding hydrogens is 212 g/mol. The number of carbonyl (C=O) groups excluding carboxylic acids is 1. The van der Waals surface area contributed by atoms with E-state index in [9.17, 15) is 13.2 Å². The molecule has 0 saturated carbocycles. The second-order valence-corrected chi connectivity index (χ2v) is 5.47. The molecule has 0 N–H and O–H groups in total. The van der Waals surface area contributed by atoms with Crippen molar-refractivity contribution in [1.29, 1.82) is 0 Å². The Morgan fingerprint density at radius 1 is 1.20 bits per heavy atom. The maximum Gasteiger partial charge on any atom is 0.161 e. The van der Waals surface area contributed by atoms with E-state index in [1.54, 1.807) is 31.2 Å². The highest BCUT2D eigenvalue weighted by Gasteiger charge is 2.15. The number of rotatable bonds is 5. The summed E-state index contributed by atoms with van der Waals surface area (Å²) in [5.41, 5.74) is 0.724. The van der Waals surface area contributed by atoms with Crippen molar-refractivity contribution < 1.29 is 13.2 Å². The van der Waals surface area contributed by atoms with E-state index in [4.69, 9.17) is 0 Å². The third-order valence-corrected chi connectivity index (χ3v) is 3.54. The van der Waals surface area contributed by atoms with Crippen LogP contribution in [0.25, 0.3) is 0 Å². The molecule has 3 nitrogen and oxygen atoms in total. The van der Waals surface area contributed by atoms with Gasteiger partial charge in [-0.1, -0.05) is 37.3 Å². The summed E-state index contributed by atoms with van der Waals surface area (Å²) in [6, 6.07) is 8.88. The normalized spacial score (nSPS) is 11.3. The van der Waals surface area contributed by atoms with Crippen molar-refractivity contribution in [3.05, 3.63) is 35.9 Å². The van der Waals surface area contributed by atoms with Gasteiger partial charge in [0.1, 0.15) is 11.5 Å². The lowest BCUT2D eigenvalue weighted by atomic mass is 10.2.